The van der Waals surface area contributed by atoms with Crippen molar-refractivity contribution in [2.75, 3.05) is 54.5 Å². The third-order valence-corrected chi connectivity index (χ3v) is 7.32. The molecule has 0 aliphatic carbocycles. The van der Waals surface area contributed by atoms with E-state index >= 15 is 0 Å². The molecule has 1 saturated heterocycles. The maximum atomic E-state index is 5.60. The summed E-state index contributed by atoms with van der Waals surface area (Å²) < 4.78 is 5.43. The fourth-order valence-corrected chi connectivity index (χ4v) is 5.28. The molecule has 3 aliphatic rings. The number of benzene rings is 2. The average molecular weight is 502 g/mol. The van der Waals surface area contributed by atoms with Gasteiger partial charge in [-0.3, -0.25) is 4.90 Å². The van der Waals surface area contributed by atoms with Crippen LogP contribution in [0.15, 0.2) is 54.6 Å². The van der Waals surface area contributed by atoms with Crippen LogP contribution >= 0.6 is 12.2 Å². The molecule has 0 bridgehead atoms. The van der Waals surface area contributed by atoms with Gasteiger partial charge in [-0.2, -0.15) is 9.97 Å². The first kappa shape index (κ1) is 23.1. The molecule has 0 spiro atoms. The summed E-state index contributed by atoms with van der Waals surface area (Å²) in [6.07, 6.45) is 0. The molecule has 0 atom stereocenters. The molecule has 3 aromatic rings. The first-order chi connectivity index (χ1) is 17.7. The monoisotopic (exact) mass is 501 g/mol. The summed E-state index contributed by atoms with van der Waals surface area (Å²) in [7, 11) is 0. The minimum Gasteiger partial charge on any atom is -0.379 e. The van der Waals surface area contributed by atoms with Gasteiger partial charge in [0.05, 0.1) is 13.2 Å². The maximum Gasteiger partial charge on any atom is 0.232 e. The van der Waals surface area contributed by atoms with Gasteiger partial charge < -0.3 is 25.2 Å². The minimum atomic E-state index is 0.526. The molecule has 0 radical (unpaired) electrons. The Kier molecular flexibility index (Phi) is 6.67. The third-order valence-electron chi connectivity index (χ3n) is 7.07. The Labute approximate surface area is 217 Å². The topological polar surface area (TPSA) is 68.8 Å². The lowest BCUT2D eigenvalue weighted by Gasteiger charge is -2.26. The van der Waals surface area contributed by atoms with Gasteiger partial charge in [0.15, 0.2) is 5.11 Å². The van der Waals surface area contributed by atoms with Crippen LogP contribution in [0, 0.1) is 0 Å². The second kappa shape index (κ2) is 10.4. The number of hydrogen-bond acceptors (Lipinski definition) is 7. The molecule has 2 N–H and O–H groups in total. The van der Waals surface area contributed by atoms with Crippen molar-refractivity contribution in [1.29, 1.82) is 0 Å². The summed E-state index contributed by atoms with van der Waals surface area (Å²) in [4.78, 5) is 16.7. The predicted octanol–water partition coefficient (Wildman–Crippen LogP) is 3.14. The van der Waals surface area contributed by atoms with Crippen molar-refractivity contribution >= 4 is 34.9 Å². The summed E-state index contributed by atoms with van der Waals surface area (Å²) in [5.74, 6) is 2.34. The fraction of sp³-hybridized carbons (Fsp3) is 0.370. The SMILES string of the molecule is S=C(NCCN1CCOCC1)Nc1nc(N2Cc3ccccc3C2)cc(N2Cc3ccccc3C2)n1. The Morgan fingerprint density at radius 3 is 1.81 bits per heavy atom. The van der Waals surface area contributed by atoms with Gasteiger partial charge in [-0.05, 0) is 34.5 Å². The van der Waals surface area contributed by atoms with E-state index in [1.54, 1.807) is 0 Å². The number of morpholine rings is 1. The van der Waals surface area contributed by atoms with Gasteiger partial charge in [-0.15, -0.1) is 0 Å². The number of nitrogens with zero attached hydrogens (tertiary/aromatic N) is 5. The molecule has 0 amide bonds. The van der Waals surface area contributed by atoms with Gasteiger partial charge in [0.25, 0.3) is 0 Å². The van der Waals surface area contributed by atoms with Gasteiger partial charge in [-0.1, -0.05) is 48.5 Å². The number of nitrogens with one attached hydrogen (secondary N) is 2. The summed E-state index contributed by atoms with van der Waals surface area (Å²) >= 11 is 5.60. The predicted molar refractivity (Wildman–Crippen MR) is 146 cm³/mol. The molecule has 3 aliphatic heterocycles. The second-order valence-electron chi connectivity index (χ2n) is 9.49. The zero-order valence-electron chi connectivity index (χ0n) is 20.3. The summed E-state index contributed by atoms with van der Waals surface area (Å²) in [6.45, 7) is 8.59. The first-order valence-electron chi connectivity index (χ1n) is 12.6. The van der Waals surface area contributed by atoms with Crippen molar-refractivity contribution in [2.24, 2.45) is 0 Å². The van der Waals surface area contributed by atoms with Crippen LogP contribution in [-0.2, 0) is 30.9 Å². The Bertz CT molecular complexity index is 1120. The normalized spacial score (nSPS) is 17.1. The molecule has 9 heteroatoms. The van der Waals surface area contributed by atoms with Crippen LogP contribution in [0.25, 0.3) is 0 Å². The maximum absolute atomic E-state index is 5.60. The highest BCUT2D eigenvalue weighted by Crippen LogP contribution is 2.32. The lowest BCUT2D eigenvalue weighted by Crippen LogP contribution is -2.42. The van der Waals surface area contributed by atoms with Gasteiger partial charge in [0, 0.05) is 58.4 Å². The Morgan fingerprint density at radius 1 is 0.806 bits per heavy atom. The largest absolute Gasteiger partial charge is 0.379 e. The highest BCUT2D eigenvalue weighted by Gasteiger charge is 2.25. The summed E-state index contributed by atoms with van der Waals surface area (Å²) in [5, 5.41) is 7.11. The Hall–Kier alpha value is -3.27. The average Bonchev–Trinajstić information content (AvgIpc) is 3.54. The lowest BCUT2D eigenvalue weighted by molar-refractivity contribution is 0.0389. The highest BCUT2D eigenvalue weighted by atomic mass is 32.1. The first-order valence-corrected chi connectivity index (χ1v) is 13.0. The standard InChI is InChI=1S/C27H31N7OS/c36-27(28-9-10-32-11-13-35-14-12-32)31-26-29-24(33-16-20-5-1-2-6-21(20)17-33)15-25(30-26)34-18-22-7-3-4-8-23(22)19-34/h1-8,15H,9-14,16-19H2,(H2,28,29,30,31,36). The van der Waals surface area contributed by atoms with Gasteiger partial charge in [0.2, 0.25) is 5.95 Å². The van der Waals surface area contributed by atoms with Crippen molar-refractivity contribution in [3.63, 3.8) is 0 Å². The van der Waals surface area contributed by atoms with Crippen LogP contribution in [0.1, 0.15) is 22.3 Å². The zero-order valence-corrected chi connectivity index (χ0v) is 21.1. The van der Waals surface area contributed by atoms with Crippen LogP contribution in [0.3, 0.4) is 0 Å². The number of rotatable bonds is 6. The van der Waals surface area contributed by atoms with Gasteiger partial charge >= 0.3 is 0 Å². The lowest BCUT2D eigenvalue weighted by atomic mass is 10.1. The number of anilines is 3. The molecule has 186 valence electrons. The number of ether oxygens (including phenoxy) is 1. The molecule has 0 saturated carbocycles. The number of aromatic nitrogens is 2. The highest BCUT2D eigenvalue weighted by molar-refractivity contribution is 7.80. The number of hydrogen-bond donors (Lipinski definition) is 2. The molecule has 1 aromatic heterocycles. The molecular weight excluding hydrogens is 470 g/mol. The third kappa shape index (κ3) is 5.13. The smallest absolute Gasteiger partial charge is 0.232 e. The Balaban J connectivity index is 1.19. The molecule has 1 fully saturated rings. The van der Waals surface area contributed by atoms with Crippen LogP contribution < -0.4 is 20.4 Å². The minimum absolute atomic E-state index is 0.526. The number of fused-ring (bicyclic) bond motifs is 2. The molecule has 4 heterocycles. The van der Waals surface area contributed by atoms with Crippen molar-refractivity contribution < 1.29 is 4.74 Å². The fourth-order valence-electron chi connectivity index (χ4n) is 5.09. The van der Waals surface area contributed by atoms with E-state index in [1.165, 1.54) is 22.3 Å². The Morgan fingerprint density at radius 2 is 1.31 bits per heavy atom. The zero-order chi connectivity index (χ0) is 24.3. The van der Waals surface area contributed by atoms with Crippen LogP contribution in [0.4, 0.5) is 17.6 Å². The van der Waals surface area contributed by atoms with E-state index < -0.39 is 0 Å². The van der Waals surface area contributed by atoms with Crippen molar-refractivity contribution in [2.45, 2.75) is 26.2 Å². The molecule has 0 unspecified atom stereocenters. The van der Waals surface area contributed by atoms with Crippen LogP contribution in [-0.4, -0.2) is 59.4 Å². The van der Waals surface area contributed by atoms with Crippen molar-refractivity contribution in [3.8, 4) is 0 Å². The van der Waals surface area contributed by atoms with E-state index in [1.807, 2.05) is 0 Å². The molecular formula is C27H31N7OS. The van der Waals surface area contributed by atoms with Crippen LogP contribution in [0.2, 0.25) is 0 Å². The quantitative estimate of drug-likeness (QED) is 0.496. The van der Waals surface area contributed by atoms with Crippen molar-refractivity contribution in [3.05, 3.63) is 76.9 Å². The molecule has 36 heavy (non-hydrogen) atoms. The van der Waals surface area contributed by atoms with E-state index in [-0.39, 0.29) is 0 Å². The van der Waals surface area contributed by atoms with E-state index in [0.717, 1.165) is 77.2 Å². The second-order valence-corrected chi connectivity index (χ2v) is 9.90. The van der Waals surface area contributed by atoms with E-state index in [9.17, 15) is 0 Å². The van der Waals surface area contributed by atoms with E-state index in [2.05, 4.69) is 79.9 Å². The molecule has 8 nitrogen and oxygen atoms in total. The van der Waals surface area contributed by atoms with Gasteiger partial charge in [0.1, 0.15) is 11.6 Å². The van der Waals surface area contributed by atoms with Crippen LogP contribution in [0.5, 0.6) is 0 Å². The van der Waals surface area contributed by atoms with E-state index in [0.29, 0.717) is 11.1 Å². The number of thiocarbonyl (C=S) groups is 1. The van der Waals surface area contributed by atoms with Crippen molar-refractivity contribution in [1.82, 2.24) is 20.2 Å². The summed E-state index contributed by atoms with van der Waals surface area (Å²) in [6, 6.07) is 19.3. The van der Waals surface area contributed by atoms with E-state index in [4.69, 9.17) is 26.9 Å². The molecule has 6 rings (SSSR count). The van der Waals surface area contributed by atoms with Gasteiger partial charge in [-0.25, -0.2) is 0 Å². The summed E-state index contributed by atoms with van der Waals surface area (Å²) in [5.41, 5.74) is 5.39. The molecule has 2 aromatic carbocycles.